The second kappa shape index (κ2) is 5.30. The highest BCUT2D eigenvalue weighted by molar-refractivity contribution is 14.1. The second-order valence-electron chi connectivity index (χ2n) is 3.65. The normalized spacial score (nSPS) is 10.1. The molecule has 2 rings (SSSR count). The molecule has 6 heteroatoms. The van der Waals surface area contributed by atoms with E-state index in [4.69, 9.17) is 4.74 Å². The minimum atomic E-state index is -0.497. The van der Waals surface area contributed by atoms with Crippen molar-refractivity contribution in [1.82, 2.24) is 4.98 Å². The van der Waals surface area contributed by atoms with Crippen LogP contribution in [-0.4, -0.2) is 9.91 Å². The lowest BCUT2D eigenvalue weighted by molar-refractivity contribution is -0.386. The zero-order valence-electron chi connectivity index (χ0n) is 9.46. The molecule has 0 aliphatic rings. The lowest BCUT2D eigenvalue weighted by Gasteiger charge is -2.05. The molecule has 0 fully saturated rings. The molecule has 1 aromatic heterocycles. The maximum atomic E-state index is 10.9. The average Bonchev–Trinajstić information content (AvgIpc) is 2.31. The number of hydrogen-bond donors (Lipinski definition) is 0. The highest BCUT2D eigenvalue weighted by Crippen LogP contribution is 2.29. The van der Waals surface area contributed by atoms with Crippen LogP contribution in [0.4, 0.5) is 5.69 Å². The number of rotatable bonds is 3. The first kappa shape index (κ1) is 12.7. The minimum absolute atomic E-state index is 0.00704. The Balaban J connectivity index is 2.37. The van der Waals surface area contributed by atoms with Crippen LogP contribution in [0.25, 0.3) is 0 Å². The Morgan fingerprint density at radius 2 is 2.17 bits per heavy atom. The van der Waals surface area contributed by atoms with E-state index in [1.165, 1.54) is 12.3 Å². The van der Waals surface area contributed by atoms with Gasteiger partial charge in [-0.3, -0.25) is 10.1 Å². The van der Waals surface area contributed by atoms with E-state index in [1.54, 1.807) is 19.1 Å². The topological polar surface area (TPSA) is 65.3 Å². The van der Waals surface area contributed by atoms with Gasteiger partial charge in [0, 0.05) is 15.8 Å². The molecular weight excluding hydrogens is 347 g/mol. The third-order valence-corrected chi connectivity index (χ3v) is 2.85. The molecule has 0 saturated carbocycles. The molecule has 1 heterocycles. The molecule has 0 radical (unpaired) electrons. The molecule has 0 spiro atoms. The predicted molar refractivity (Wildman–Crippen MR) is 74.9 cm³/mol. The minimum Gasteiger partial charge on any atom is -0.434 e. The van der Waals surface area contributed by atoms with Crippen molar-refractivity contribution in [3.8, 4) is 11.6 Å². The monoisotopic (exact) mass is 356 g/mol. The summed E-state index contributed by atoms with van der Waals surface area (Å²) in [5, 5.41) is 10.9. The first-order valence-corrected chi connectivity index (χ1v) is 6.18. The van der Waals surface area contributed by atoms with Crippen LogP contribution in [0.2, 0.25) is 0 Å². The molecule has 92 valence electrons. The fourth-order valence-electron chi connectivity index (χ4n) is 1.39. The molecule has 2 aromatic rings. The number of ether oxygens (including phenoxy) is 1. The Bertz CT molecular complexity index is 602. The summed E-state index contributed by atoms with van der Waals surface area (Å²) in [5.41, 5.74) is 0.588. The van der Waals surface area contributed by atoms with Crippen molar-refractivity contribution in [2.75, 3.05) is 0 Å². The maximum Gasteiger partial charge on any atom is 0.331 e. The summed E-state index contributed by atoms with van der Waals surface area (Å²) in [7, 11) is 0. The van der Waals surface area contributed by atoms with Crippen molar-refractivity contribution < 1.29 is 9.66 Å². The van der Waals surface area contributed by atoms with Crippen molar-refractivity contribution in [2.24, 2.45) is 0 Å². The summed E-state index contributed by atoms with van der Waals surface area (Å²) >= 11 is 2.14. The van der Waals surface area contributed by atoms with E-state index in [2.05, 4.69) is 27.6 Å². The molecule has 0 amide bonds. The molecule has 18 heavy (non-hydrogen) atoms. The van der Waals surface area contributed by atoms with Gasteiger partial charge in [0.05, 0.1) is 4.92 Å². The largest absolute Gasteiger partial charge is 0.434 e. The smallest absolute Gasteiger partial charge is 0.331 e. The van der Waals surface area contributed by atoms with Gasteiger partial charge < -0.3 is 4.74 Å². The van der Waals surface area contributed by atoms with Gasteiger partial charge in [0.25, 0.3) is 5.88 Å². The molecule has 5 nitrogen and oxygen atoms in total. The van der Waals surface area contributed by atoms with Crippen molar-refractivity contribution in [3.05, 3.63) is 55.8 Å². The molecule has 0 bridgehead atoms. The van der Waals surface area contributed by atoms with E-state index >= 15 is 0 Å². The molecular formula is C12H9IN2O3. The molecule has 0 saturated heterocycles. The predicted octanol–water partition coefficient (Wildman–Crippen LogP) is 3.70. The maximum absolute atomic E-state index is 10.9. The number of aryl methyl sites for hydroxylation is 1. The van der Waals surface area contributed by atoms with Crippen molar-refractivity contribution in [2.45, 2.75) is 6.92 Å². The highest BCUT2D eigenvalue weighted by Gasteiger charge is 2.17. The van der Waals surface area contributed by atoms with Gasteiger partial charge in [0.1, 0.15) is 5.75 Å². The second-order valence-corrected chi connectivity index (χ2v) is 4.90. The van der Waals surface area contributed by atoms with Crippen LogP contribution >= 0.6 is 22.6 Å². The van der Waals surface area contributed by atoms with Crippen molar-refractivity contribution >= 4 is 28.3 Å². The third-order valence-electron chi connectivity index (χ3n) is 2.18. The van der Waals surface area contributed by atoms with Crippen LogP contribution in [0.3, 0.4) is 0 Å². The van der Waals surface area contributed by atoms with Crippen LogP contribution < -0.4 is 4.74 Å². The lowest BCUT2D eigenvalue weighted by Crippen LogP contribution is -1.96. The lowest BCUT2D eigenvalue weighted by atomic mass is 10.3. The van der Waals surface area contributed by atoms with E-state index in [1.807, 2.05) is 12.1 Å². The zero-order chi connectivity index (χ0) is 13.1. The fraction of sp³-hybridized carbons (Fsp3) is 0.0833. The number of benzene rings is 1. The standard InChI is InChI=1S/C12H9IN2O3/c1-8-5-11(15(16)17)12(14-7-8)18-10-4-2-3-9(13)6-10/h2-7H,1H3. The number of aromatic nitrogens is 1. The number of hydrogen-bond acceptors (Lipinski definition) is 4. The van der Waals surface area contributed by atoms with Crippen LogP contribution in [-0.2, 0) is 0 Å². The van der Waals surface area contributed by atoms with E-state index < -0.39 is 4.92 Å². The summed E-state index contributed by atoms with van der Waals surface area (Å²) in [6.45, 7) is 1.75. The summed E-state index contributed by atoms with van der Waals surface area (Å²) in [4.78, 5) is 14.4. The molecule has 0 aliphatic carbocycles. The summed E-state index contributed by atoms with van der Waals surface area (Å²) in [6.07, 6.45) is 1.54. The number of nitrogens with zero attached hydrogens (tertiary/aromatic N) is 2. The van der Waals surface area contributed by atoms with Gasteiger partial charge in [0.15, 0.2) is 0 Å². The van der Waals surface area contributed by atoms with Gasteiger partial charge in [-0.1, -0.05) is 6.07 Å². The van der Waals surface area contributed by atoms with Gasteiger partial charge in [-0.15, -0.1) is 0 Å². The van der Waals surface area contributed by atoms with Gasteiger partial charge in [-0.2, -0.15) is 0 Å². The molecule has 1 aromatic carbocycles. The Morgan fingerprint density at radius 3 is 2.83 bits per heavy atom. The molecule has 0 atom stereocenters. The number of nitro groups is 1. The van der Waals surface area contributed by atoms with Gasteiger partial charge >= 0.3 is 5.69 Å². The molecule has 0 unspecified atom stereocenters. The van der Waals surface area contributed by atoms with Crippen molar-refractivity contribution in [3.63, 3.8) is 0 Å². The van der Waals surface area contributed by atoms with Gasteiger partial charge in [0.2, 0.25) is 0 Å². The third kappa shape index (κ3) is 2.95. The quantitative estimate of drug-likeness (QED) is 0.478. The number of halogens is 1. The van der Waals surface area contributed by atoms with Crippen LogP contribution in [0.5, 0.6) is 11.6 Å². The van der Waals surface area contributed by atoms with Crippen LogP contribution in [0.15, 0.2) is 36.5 Å². The summed E-state index contributed by atoms with van der Waals surface area (Å²) in [6, 6.07) is 8.68. The average molecular weight is 356 g/mol. The first-order valence-electron chi connectivity index (χ1n) is 5.11. The Kier molecular flexibility index (Phi) is 3.75. The van der Waals surface area contributed by atoms with E-state index in [0.29, 0.717) is 5.75 Å². The first-order chi connectivity index (χ1) is 8.56. The Morgan fingerprint density at radius 1 is 1.39 bits per heavy atom. The van der Waals surface area contributed by atoms with Crippen molar-refractivity contribution in [1.29, 1.82) is 0 Å². The fourth-order valence-corrected chi connectivity index (χ4v) is 1.91. The summed E-state index contributed by atoms with van der Waals surface area (Å²) < 4.78 is 6.44. The SMILES string of the molecule is Cc1cnc(Oc2cccc(I)c2)c([N+](=O)[O-])c1. The molecule has 0 aliphatic heterocycles. The Hall–Kier alpha value is -1.70. The van der Waals surface area contributed by atoms with E-state index in [9.17, 15) is 10.1 Å². The van der Waals surface area contributed by atoms with Crippen LogP contribution in [0.1, 0.15) is 5.56 Å². The highest BCUT2D eigenvalue weighted by atomic mass is 127. The zero-order valence-corrected chi connectivity index (χ0v) is 11.6. The van der Waals surface area contributed by atoms with Gasteiger partial charge in [-0.25, -0.2) is 4.98 Å². The number of pyridine rings is 1. The van der Waals surface area contributed by atoms with E-state index in [-0.39, 0.29) is 11.6 Å². The summed E-state index contributed by atoms with van der Waals surface area (Å²) in [5.74, 6) is 0.536. The Labute approximate surface area is 117 Å². The van der Waals surface area contributed by atoms with Crippen LogP contribution in [0, 0.1) is 20.6 Å². The molecule has 0 N–H and O–H groups in total. The van der Waals surface area contributed by atoms with E-state index in [0.717, 1.165) is 9.13 Å². The van der Waals surface area contributed by atoms with Gasteiger partial charge in [-0.05, 0) is 53.3 Å².